The summed E-state index contributed by atoms with van der Waals surface area (Å²) in [4.78, 5) is 14.5. The van der Waals surface area contributed by atoms with Crippen molar-refractivity contribution in [1.82, 2.24) is 4.90 Å². The number of nitrogens with zero attached hydrogens (tertiary/aromatic N) is 1. The summed E-state index contributed by atoms with van der Waals surface area (Å²) in [6.45, 7) is 5.81. The third kappa shape index (κ3) is 3.45. The van der Waals surface area contributed by atoms with E-state index in [1.54, 1.807) is 0 Å². The summed E-state index contributed by atoms with van der Waals surface area (Å²) in [5, 5.41) is 0. The van der Waals surface area contributed by atoms with E-state index in [1.807, 2.05) is 0 Å². The van der Waals surface area contributed by atoms with Crippen molar-refractivity contribution < 1.29 is 9.53 Å². The molecule has 2 aliphatic rings. The Labute approximate surface area is 110 Å². The molecule has 0 radical (unpaired) electrons. The molecule has 0 aromatic carbocycles. The predicted octanol–water partition coefficient (Wildman–Crippen LogP) is 1.53. The van der Waals surface area contributed by atoms with Crippen LogP contribution in [0.25, 0.3) is 0 Å². The van der Waals surface area contributed by atoms with Gasteiger partial charge in [0, 0.05) is 19.1 Å². The van der Waals surface area contributed by atoms with E-state index < -0.39 is 0 Å². The Morgan fingerprint density at radius 2 is 2.06 bits per heavy atom. The summed E-state index contributed by atoms with van der Waals surface area (Å²) >= 11 is 0. The Hall–Kier alpha value is -0.610. The monoisotopic (exact) mass is 254 g/mol. The molecule has 4 heteroatoms. The van der Waals surface area contributed by atoms with Crippen LogP contribution in [-0.4, -0.2) is 42.1 Å². The van der Waals surface area contributed by atoms with Crippen LogP contribution in [0.5, 0.6) is 0 Å². The smallest absolute Gasteiger partial charge is 0.251 e. The van der Waals surface area contributed by atoms with E-state index >= 15 is 0 Å². The Kier molecular flexibility index (Phi) is 4.62. The lowest BCUT2D eigenvalue weighted by atomic mass is 10.1. The van der Waals surface area contributed by atoms with Gasteiger partial charge in [0.1, 0.15) is 6.10 Å². The van der Waals surface area contributed by atoms with Crippen LogP contribution < -0.4 is 5.73 Å². The highest BCUT2D eigenvalue weighted by Gasteiger charge is 2.38. The highest BCUT2D eigenvalue weighted by atomic mass is 16.5. The van der Waals surface area contributed by atoms with Crippen LogP contribution in [-0.2, 0) is 9.53 Å². The van der Waals surface area contributed by atoms with Crippen molar-refractivity contribution in [3.63, 3.8) is 0 Å². The predicted molar refractivity (Wildman–Crippen MR) is 71.1 cm³/mol. The second-order valence-electron chi connectivity index (χ2n) is 6.01. The van der Waals surface area contributed by atoms with Crippen molar-refractivity contribution in [3.05, 3.63) is 0 Å². The van der Waals surface area contributed by atoms with Crippen molar-refractivity contribution in [2.24, 2.45) is 11.7 Å². The summed E-state index contributed by atoms with van der Waals surface area (Å²) in [6, 6.07) is 0.483. The maximum atomic E-state index is 12.5. The molecule has 0 aromatic rings. The summed E-state index contributed by atoms with van der Waals surface area (Å²) in [5.41, 5.74) is 5.59. The molecule has 2 atom stereocenters. The Morgan fingerprint density at radius 3 is 2.56 bits per heavy atom. The SMILES string of the molecule is CC(C)CCN(C(=O)C1CCC(CN)O1)C1CC1. The normalized spacial score (nSPS) is 27.8. The zero-order valence-electron chi connectivity index (χ0n) is 11.6. The molecule has 0 aromatic heterocycles. The molecule has 1 saturated heterocycles. The number of ether oxygens (including phenoxy) is 1. The maximum Gasteiger partial charge on any atom is 0.251 e. The lowest BCUT2D eigenvalue weighted by Gasteiger charge is -2.26. The van der Waals surface area contributed by atoms with Gasteiger partial charge in [-0.1, -0.05) is 13.8 Å². The number of rotatable bonds is 6. The van der Waals surface area contributed by atoms with E-state index in [0.717, 1.165) is 38.6 Å². The van der Waals surface area contributed by atoms with E-state index in [-0.39, 0.29) is 18.1 Å². The topological polar surface area (TPSA) is 55.6 Å². The Bertz CT molecular complexity index is 290. The molecule has 18 heavy (non-hydrogen) atoms. The first-order valence-electron chi connectivity index (χ1n) is 7.27. The molecule has 2 fully saturated rings. The van der Waals surface area contributed by atoms with Crippen molar-refractivity contribution in [3.8, 4) is 0 Å². The molecule has 104 valence electrons. The summed E-state index contributed by atoms with van der Waals surface area (Å²) < 4.78 is 5.72. The summed E-state index contributed by atoms with van der Waals surface area (Å²) in [5.74, 6) is 0.842. The number of hydrogen-bond acceptors (Lipinski definition) is 3. The number of hydrogen-bond donors (Lipinski definition) is 1. The van der Waals surface area contributed by atoms with Crippen molar-refractivity contribution >= 4 is 5.91 Å². The lowest BCUT2D eigenvalue weighted by Crippen LogP contribution is -2.42. The van der Waals surface area contributed by atoms with Crippen LogP contribution in [0, 0.1) is 5.92 Å². The molecule has 0 spiro atoms. The van der Waals surface area contributed by atoms with E-state index in [9.17, 15) is 4.79 Å². The van der Waals surface area contributed by atoms with Gasteiger partial charge in [-0.2, -0.15) is 0 Å². The van der Waals surface area contributed by atoms with Crippen molar-refractivity contribution in [2.75, 3.05) is 13.1 Å². The van der Waals surface area contributed by atoms with Gasteiger partial charge >= 0.3 is 0 Å². The molecule has 1 saturated carbocycles. The van der Waals surface area contributed by atoms with Gasteiger partial charge < -0.3 is 15.4 Å². The molecular weight excluding hydrogens is 228 g/mol. The van der Waals surface area contributed by atoms with Crippen molar-refractivity contribution in [1.29, 1.82) is 0 Å². The summed E-state index contributed by atoms with van der Waals surface area (Å²) in [6.07, 6.45) is 5.03. The minimum absolute atomic E-state index is 0.0881. The Morgan fingerprint density at radius 1 is 1.33 bits per heavy atom. The Balaban J connectivity index is 1.87. The first-order valence-corrected chi connectivity index (χ1v) is 7.27. The highest BCUT2D eigenvalue weighted by molar-refractivity contribution is 5.81. The van der Waals surface area contributed by atoms with E-state index in [4.69, 9.17) is 10.5 Å². The molecule has 2 N–H and O–H groups in total. The number of carbonyl (C=O) groups excluding carboxylic acids is 1. The number of amides is 1. The summed E-state index contributed by atoms with van der Waals surface area (Å²) in [7, 11) is 0. The zero-order chi connectivity index (χ0) is 13.1. The maximum absolute atomic E-state index is 12.5. The molecule has 1 amide bonds. The average molecular weight is 254 g/mol. The minimum Gasteiger partial charge on any atom is -0.364 e. The molecule has 1 aliphatic carbocycles. The molecule has 4 nitrogen and oxygen atoms in total. The molecule has 2 rings (SSSR count). The van der Waals surface area contributed by atoms with Gasteiger partial charge in [0.05, 0.1) is 6.10 Å². The highest BCUT2D eigenvalue weighted by Crippen LogP contribution is 2.30. The van der Waals surface area contributed by atoms with Gasteiger partial charge in [-0.05, 0) is 38.0 Å². The quantitative estimate of drug-likeness (QED) is 0.782. The van der Waals surface area contributed by atoms with Gasteiger partial charge in [0.15, 0.2) is 0 Å². The minimum atomic E-state index is -0.230. The molecule has 2 unspecified atom stereocenters. The first kappa shape index (κ1) is 13.8. The first-order chi connectivity index (χ1) is 8.61. The molecule has 1 heterocycles. The van der Waals surface area contributed by atoms with E-state index in [2.05, 4.69) is 18.7 Å². The van der Waals surface area contributed by atoms with Crippen LogP contribution >= 0.6 is 0 Å². The van der Waals surface area contributed by atoms with Crippen LogP contribution in [0.4, 0.5) is 0 Å². The van der Waals surface area contributed by atoms with E-state index in [1.165, 1.54) is 0 Å². The fourth-order valence-electron chi connectivity index (χ4n) is 2.50. The molecule has 0 bridgehead atoms. The van der Waals surface area contributed by atoms with E-state index in [0.29, 0.717) is 18.5 Å². The third-order valence-electron chi connectivity index (χ3n) is 3.86. The molecular formula is C14H26N2O2. The largest absolute Gasteiger partial charge is 0.364 e. The van der Waals surface area contributed by atoms with Gasteiger partial charge in [-0.3, -0.25) is 4.79 Å². The van der Waals surface area contributed by atoms with Gasteiger partial charge in [-0.15, -0.1) is 0 Å². The zero-order valence-corrected chi connectivity index (χ0v) is 11.6. The van der Waals surface area contributed by atoms with Crippen LogP contribution in [0.15, 0.2) is 0 Å². The van der Waals surface area contributed by atoms with Crippen LogP contribution in [0.1, 0.15) is 46.0 Å². The van der Waals surface area contributed by atoms with Gasteiger partial charge in [0.2, 0.25) is 0 Å². The van der Waals surface area contributed by atoms with Crippen molar-refractivity contribution in [2.45, 2.75) is 64.2 Å². The average Bonchev–Trinajstić information content (AvgIpc) is 3.06. The lowest BCUT2D eigenvalue weighted by molar-refractivity contribution is -0.143. The number of nitrogens with two attached hydrogens (primary N) is 1. The standard InChI is InChI=1S/C14H26N2O2/c1-10(2)7-8-16(11-3-4-11)14(17)13-6-5-12(9-15)18-13/h10-13H,3-9,15H2,1-2H3. The second-order valence-corrected chi connectivity index (χ2v) is 6.01. The van der Waals surface area contributed by atoms with Gasteiger partial charge in [0.25, 0.3) is 5.91 Å². The second kappa shape index (κ2) is 6.02. The number of carbonyl (C=O) groups is 1. The van der Waals surface area contributed by atoms with Gasteiger partial charge in [-0.25, -0.2) is 0 Å². The fourth-order valence-corrected chi connectivity index (χ4v) is 2.50. The fraction of sp³-hybridized carbons (Fsp3) is 0.929. The van der Waals surface area contributed by atoms with Crippen LogP contribution in [0.2, 0.25) is 0 Å². The molecule has 1 aliphatic heterocycles. The van der Waals surface area contributed by atoms with Crippen LogP contribution in [0.3, 0.4) is 0 Å². The third-order valence-corrected chi connectivity index (χ3v) is 3.86.